The van der Waals surface area contributed by atoms with Crippen LogP contribution in [0, 0.1) is 0 Å². The molecule has 0 heterocycles. The van der Waals surface area contributed by atoms with Crippen molar-refractivity contribution >= 4 is 0 Å². The van der Waals surface area contributed by atoms with E-state index in [0.29, 0.717) is 25.2 Å². The minimum atomic E-state index is 0.653. The van der Waals surface area contributed by atoms with Gasteiger partial charge in [-0.1, -0.05) is 12.1 Å². The van der Waals surface area contributed by atoms with E-state index in [1.54, 1.807) is 14.2 Å². The summed E-state index contributed by atoms with van der Waals surface area (Å²) in [7, 11) is 3.42. The second kappa shape index (κ2) is 9.03. The summed E-state index contributed by atoms with van der Waals surface area (Å²) in [5.41, 5.74) is 1.40. The Hall–Kier alpha value is -1.10. The summed E-state index contributed by atoms with van der Waals surface area (Å²) in [5, 5.41) is 3.60. The molecular formula is C17H27NO3. The Bertz CT molecular complexity index is 405. The molecule has 1 aromatic rings. The number of hydrogen-bond acceptors (Lipinski definition) is 4. The summed E-state index contributed by atoms with van der Waals surface area (Å²) in [5.74, 6) is 1.63. The number of rotatable bonds is 10. The number of benzene rings is 1. The van der Waals surface area contributed by atoms with E-state index in [4.69, 9.17) is 14.2 Å². The quantitative estimate of drug-likeness (QED) is 0.673. The first-order chi connectivity index (χ1) is 10.3. The van der Waals surface area contributed by atoms with Crippen molar-refractivity contribution in [3.8, 4) is 5.75 Å². The van der Waals surface area contributed by atoms with E-state index in [1.165, 1.54) is 18.4 Å². The van der Waals surface area contributed by atoms with Crippen LogP contribution in [0.2, 0.25) is 0 Å². The molecule has 1 saturated carbocycles. The van der Waals surface area contributed by atoms with E-state index in [1.807, 2.05) is 6.07 Å². The summed E-state index contributed by atoms with van der Waals surface area (Å²) in [6.07, 6.45) is 3.50. The number of hydrogen-bond donors (Lipinski definition) is 1. The van der Waals surface area contributed by atoms with Crippen LogP contribution in [0.15, 0.2) is 24.3 Å². The van der Waals surface area contributed by atoms with Gasteiger partial charge in [0, 0.05) is 19.8 Å². The Kier molecular flexibility index (Phi) is 7.00. The molecule has 1 aliphatic rings. The molecule has 2 rings (SSSR count). The van der Waals surface area contributed by atoms with Crippen molar-refractivity contribution in [2.24, 2.45) is 0 Å². The number of methoxy groups -OCH3 is 2. The van der Waals surface area contributed by atoms with Crippen molar-refractivity contribution in [1.82, 2.24) is 5.32 Å². The Morgan fingerprint density at radius 1 is 1.14 bits per heavy atom. The normalized spacial score (nSPS) is 21.0. The summed E-state index contributed by atoms with van der Waals surface area (Å²) in [6, 6.07) is 9.09. The standard InChI is InChI=1S/C17H27NO3/c1-19-9-10-21-8-4-7-18-16-11-15(12-16)14-5-3-6-17(13-14)20-2/h3,5-6,13,15-16,18H,4,7-12H2,1-2H3. The molecule has 118 valence electrons. The van der Waals surface area contributed by atoms with Crippen molar-refractivity contribution < 1.29 is 14.2 Å². The molecular weight excluding hydrogens is 266 g/mol. The highest BCUT2D eigenvalue weighted by atomic mass is 16.5. The van der Waals surface area contributed by atoms with Crippen molar-refractivity contribution in [1.29, 1.82) is 0 Å². The van der Waals surface area contributed by atoms with E-state index in [0.717, 1.165) is 25.3 Å². The van der Waals surface area contributed by atoms with Gasteiger partial charge in [0.2, 0.25) is 0 Å². The lowest BCUT2D eigenvalue weighted by atomic mass is 9.76. The zero-order valence-electron chi connectivity index (χ0n) is 13.1. The predicted molar refractivity (Wildman–Crippen MR) is 84.1 cm³/mol. The van der Waals surface area contributed by atoms with Gasteiger partial charge in [-0.15, -0.1) is 0 Å². The van der Waals surface area contributed by atoms with Crippen LogP contribution in [-0.2, 0) is 9.47 Å². The summed E-state index contributed by atoms with van der Waals surface area (Å²) in [4.78, 5) is 0. The molecule has 0 spiro atoms. The molecule has 0 saturated heterocycles. The minimum Gasteiger partial charge on any atom is -0.497 e. The molecule has 4 nitrogen and oxygen atoms in total. The first-order valence-corrected chi connectivity index (χ1v) is 7.77. The van der Waals surface area contributed by atoms with Gasteiger partial charge in [-0.3, -0.25) is 0 Å². The van der Waals surface area contributed by atoms with Gasteiger partial charge in [0.15, 0.2) is 0 Å². The molecule has 0 bridgehead atoms. The SMILES string of the molecule is COCCOCCCNC1CC(c2cccc(OC)c2)C1. The zero-order valence-corrected chi connectivity index (χ0v) is 13.1. The molecule has 4 heteroatoms. The van der Waals surface area contributed by atoms with Gasteiger partial charge < -0.3 is 19.5 Å². The molecule has 1 N–H and O–H groups in total. The highest BCUT2D eigenvalue weighted by Crippen LogP contribution is 2.37. The second-order valence-corrected chi connectivity index (χ2v) is 5.55. The van der Waals surface area contributed by atoms with Gasteiger partial charge in [-0.05, 0) is 49.4 Å². The van der Waals surface area contributed by atoms with E-state index < -0.39 is 0 Å². The summed E-state index contributed by atoms with van der Waals surface area (Å²) in [6.45, 7) is 3.21. The smallest absolute Gasteiger partial charge is 0.119 e. The van der Waals surface area contributed by atoms with Gasteiger partial charge in [0.25, 0.3) is 0 Å². The molecule has 0 aliphatic heterocycles. The van der Waals surface area contributed by atoms with Crippen molar-refractivity contribution in [3.63, 3.8) is 0 Å². The van der Waals surface area contributed by atoms with E-state index in [-0.39, 0.29) is 0 Å². The van der Waals surface area contributed by atoms with E-state index >= 15 is 0 Å². The predicted octanol–water partition coefficient (Wildman–Crippen LogP) is 2.58. The monoisotopic (exact) mass is 293 g/mol. The average molecular weight is 293 g/mol. The lowest BCUT2D eigenvalue weighted by Gasteiger charge is -2.36. The van der Waals surface area contributed by atoms with Crippen LogP contribution in [0.4, 0.5) is 0 Å². The maximum atomic E-state index is 5.44. The van der Waals surface area contributed by atoms with Gasteiger partial charge in [-0.2, -0.15) is 0 Å². The molecule has 0 radical (unpaired) electrons. The molecule has 21 heavy (non-hydrogen) atoms. The van der Waals surface area contributed by atoms with Gasteiger partial charge in [0.1, 0.15) is 5.75 Å². The fourth-order valence-corrected chi connectivity index (χ4v) is 2.68. The van der Waals surface area contributed by atoms with Crippen LogP contribution >= 0.6 is 0 Å². The average Bonchev–Trinajstić information content (AvgIpc) is 2.48. The third-order valence-electron chi connectivity index (χ3n) is 4.03. The third kappa shape index (κ3) is 5.30. The first-order valence-electron chi connectivity index (χ1n) is 7.77. The Morgan fingerprint density at radius 2 is 2.00 bits per heavy atom. The number of nitrogens with one attached hydrogen (secondary N) is 1. The minimum absolute atomic E-state index is 0.653. The largest absolute Gasteiger partial charge is 0.497 e. The van der Waals surface area contributed by atoms with Crippen molar-refractivity contribution in [2.45, 2.75) is 31.2 Å². The van der Waals surface area contributed by atoms with Crippen LogP contribution in [0.5, 0.6) is 5.75 Å². The molecule has 0 aromatic heterocycles. The van der Waals surface area contributed by atoms with Gasteiger partial charge in [-0.25, -0.2) is 0 Å². The highest BCUT2D eigenvalue weighted by molar-refractivity contribution is 5.32. The Morgan fingerprint density at radius 3 is 2.76 bits per heavy atom. The third-order valence-corrected chi connectivity index (χ3v) is 4.03. The summed E-state index contributed by atoms with van der Waals surface area (Å²) >= 11 is 0. The molecule has 1 aromatic carbocycles. The van der Waals surface area contributed by atoms with Crippen molar-refractivity contribution in [2.75, 3.05) is 40.6 Å². The van der Waals surface area contributed by atoms with Crippen LogP contribution in [-0.4, -0.2) is 46.6 Å². The van der Waals surface area contributed by atoms with Crippen molar-refractivity contribution in [3.05, 3.63) is 29.8 Å². The highest BCUT2D eigenvalue weighted by Gasteiger charge is 2.29. The molecule has 0 atom stereocenters. The maximum Gasteiger partial charge on any atom is 0.119 e. The molecule has 1 aliphatic carbocycles. The van der Waals surface area contributed by atoms with Gasteiger partial charge >= 0.3 is 0 Å². The fourth-order valence-electron chi connectivity index (χ4n) is 2.68. The van der Waals surface area contributed by atoms with Crippen LogP contribution in [0.25, 0.3) is 0 Å². The number of ether oxygens (including phenoxy) is 3. The fraction of sp³-hybridized carbons (Fsp3) is 0.647. The Labute approximate surface area is 127 Å². The first kappa shape index (κ1) is 16.3. The van der Waals surface area contributed by atoms with Crippen LogP contribution < -0.4 is 10.1 Å². The molecule has 1 fully saturated rings. The topological polar surface area (TPSA) is 39.7 Å². The van der Waals surface area contributed by atoms with E-state index in [9.17, 15) is 0 Å². The molecule has 0 amide bonds. The second-order valence-electron chi connectivity index (χ2n) is 5.55. The maximum absolute atomic E-state index is 5.44. The van der Waals surface area contributed by atoms with Crippen LogP contribution in [0.3, 0.4) is 0 Å². The zero-order chi connectivity index (χ0) is 14.9. The van der Waals surface area contributed by atoms with E-state index in [2.05, 4.69) is 23.5 Å². The lowest BCUT2D eigenvalue weighted by Crippen LogP contribution is -2.40. The lowest BCUT2D eigenvalue weighted by molar-refractivity contribution is 0.0688. The Balaban J connectivity index is 1.55. The summed E-state index contributed by atoms with van der Waals surface area (Å²) < 4.78 is 15.7. The van der Waals surface area contributed by atoms with Crippen LogP contribution in [0.1, 0.15) is 30.7 Å². The van der Waals surface area contributed by atoms with Gasteiger partial charge in [0.05, 0.1) is 20.3 Å². The molecule has 0 unspecified atom stereocenters.